The van der Waals surface area contributed by atoms with Crippen LogP contribution in [0.1, 0.15) is 23.3 Å². The fraction of sp³-hybridized carbons (Fsp3) is 0.286. The first-order chi connectivity index (χ1) is 9.62. The zero-order valence-electron chi connectivity index (χ0n) is 10.9. The number of aromatic nitrogens is 2. The normalized spacial score (nSPS) is 15.8. The molecule has 2 aromatic rings. The molecule has 0 atom stereocenters. The summed E-state index contributed by atoms with van der Waals surface area (Å²) >= 11 is 0. The summed E-state index contributed by atoms with van der Waals surface area (Å²) in [5.41, 5.74) is 7.06. The summed E-state index contributed by atoms with van der Waals surface area (Å²) in [5, 5.41) is 16.3. The van der Waals surface area contributed by atoms with Gasteiger partial charge in [-0.1, -0.05) is 6.07 Å². The van der Waals surface area contributed by atoms with Crippen LogP contribution in [0.4, 0.5) is 5.69 Å². The highest BCUT2D eigenvalue weighted by atomic mass is 16.3. The van der Waals surface area contributed by atoms with Gasteiger partial charge in [0.05, 0.1) is 17.8 Å². The summed E-state index contributed by atoms with van der Waals surface area (Å²) < 4.78 is 1.60. The minimum Gasteiger partial charge on any atom is -0.399 e. The Morgan fingerprint density at radius 1 is 1.45 bits per heavy atom. The number of hydrogen-bond acceptors (Lipinski definition) is 4. The van der Waals surface area contributed by atoms with E-state index in [0.29, 0.717) is 11.4 Å². The Bertz CT molecular complexity index is 646. The second-order valence-corrected chi connectivity index (χ2v) is 5.13. The first-order valence-electron chi connectivity index (χ1n) is 6.47. The number of carbonyl (C=O) groups is 1. The van der Waals surface area contributed by atoms with Crippen molar-refractivity contribution in [3.8, 4) is 5.69 Å². The first kappa shape index (κ1) is 12.7. The number of anilines is 1. The molecule has 1 heterocycles. The van der Waals surface area contributed by atoms with Crippen molar-refractivity contribution >= 4 is 11.6 Å². The molecule has 6 heteroatoms. The number of nitrogen functional groups attached to an aromatic ring is 1. The lowest BCUT2D eigenvalue weighted by Crippen LogP contribution is -2.39. The summed E-state index contributed by atoms with van der Waals surface area (Å²) in [6, 6.07) is 8.91. The van der Waals surface area contributed by atoms with Crippen LogP contribution in [0.25, 0.3) is 5.69 Å². The minimum absolute atomic E-state index is 0.0331. The SMILES string of the molecule is Nc1cccc(-n2ccc(C(=O)NC3(CO)CC3)n2)c1. The van der Waals surface area contributed by atoms with E-state index in [1.165, 1.54) is 0 Å². The van der Waals surface area contributed by atoms with E-state index in [0.717, 1.165) is 18.5 Å². The van der Waals surface area contributed by atoms with Gasteiger partial charge in [0.25, 0.3) is 5.91 Å². The largest absolute Gasteiger partial charge is 0.399 e. The quantitative estimate of drug-likeness (QED) is 0.715. The standard InChI is InChI=1S/C14H16N4O2/c15-10-2-1-3-11(8-10)18-7-4-12(17-18)13(20)16-14(9-19)5-6-14/h1-4,7-8,19H,5-6,9,15H2,(H,16,20). The summed E-state index contributed by atoms with van der Waals surface area (Å²) in [6.45, 7) is -0.0331. The molecule has 0 bridgehead atoms. The molecule has 0 aliphatic heterocycles. The lowest BCUT2D eigenvalue weighted by molar-refractivity contribution is 0.0901. The number of amides is 1. The van der Waals surface area contributed by atoms with Crippen LogP contribution >= 0.6 is 0 Å². The Balaban J connectivity index is 1.78. The number of aliphatic hydroxyl groups excluding tert-OH is 1. The Morgan fingerprint density at radius 2 is 2.25 bits per heavy atom. The molecular formula is C14H16N4O2. The fourth-order valence-electron chi connectivity index (χ4n) is 2.03. The lowest BCUT2D eigenvalue weighted by atomic mass is 10.3. The number of benzene rings is 1. The topological polar surface area (TPSA) is 93.2 Å². The lowest BCUT2D eigenvalue weighted by Gasteiger charge is -2.12. The highest BCUT2D eigenvalue weighted by Crippen LogP contribution is 2.34. The van der Waals surface area contributed by atoms with Gasteiger partial charge in [0.15, 0.2) is 5.69 Å². The molecule has 0 spiro atoms. The molecule has 4 N–H and O–H groups in total. The summed E-state index contributed by atoms with van der Waals surface area (Å²) in [5.74, 6) is -0.265. The van der Waals surface area contributed by atoms with Crippen LogP contribution in [0.5, 0.6) is 0 Å². The van der Waals surface area contributed by atoms with Gasteiger partial charge in [0.1, 0.15) is 0 Å². The summed E-state index contributed by atoms with van der Waals surface area (Å²) in [7, 11) is 0. The molecule has 1 amide bonds. The molecule has 1 fully saturated rings. The molecule has 3 rings (SSSR count). The highest BCUT2D eigenvalue weighted by Gasteiger charge is 2.43. The maximum Gasteiger partial charge on any atom is 0.272 e. The molecule has 104 valence electrons. The van der Waals surface area contributed by atoms with Crippen molar-refractivity contribution < 1.29 is 9.90 Å². The third-order valence-corrected chi connectivity index (χ3v) is 3.49. The highest BCUT2D eigenvalue weighted by molar-refractivity contribution is 5.93. The predicted octanol–water partition coefficient (Wildman–Crippen LogP) is 0.709. The molecule has 1 aliphatic carbocycles. The van der Waals surface area contributed by atoms with E-state index in [1.807, 2.05) is 12.1 Å². The number of rotatable bonds is 4. The Hall–Kier alpha value is -2.34. The van der Waals surface area contributed by atoms with E-state index in [1.54, 1.807) is 29.1 Å². The molecule has 6 nitrogen and oxygen atoms in total. The van der Waals surface area contributed by atoms with Crippen LogP contribution in [-0.4, -0.2) is 32.9 Å². The van der Waals surface area contributed by atoms with Gasteiger partial charge in [-0.25, -0.2) is 4.68 Å². The second kappa shape index (κ2) is 4.64. The molecule has 0 unspecified atom stereocenters. The maximum atomic E-state index is 12.0. The van der Waals surface area contributed by atoms with Crippen molar-refractivity contribution in [2.24, 2.45) is 0 Å². The van der Waals surface area contributed by atoms with Crippen LogP contribution in [0.15, 0.2) is 36.5 Å². The molecule has 0 saturated heterocycles. The van der Waals surface area contributed by atoms with Crippen LogP contribution in [-0.2, 0) is 0 Å². The number of nitrogens with zero attached hydrogens (tertiary/aromatic N) is 2. The van der Waals surface area contributed by atoms with E-state index in [-0.39, 0.29) is 12.5 Å². The Labute approximate surface area is 116 Å². The van der Waals surface area contributed by atoms with E-state index in [4.69, 9.17) is 5.73 Å². The molecule has 1 aromatic carbocycles. The zero-order valence-corrected chi connectivity index (χ0v) is 10.9. The molecule has 1 saturated carbocycles. The average molecular weight is 272 g/mol. The van der Waals surface area contributed by atoms with Crippen molar-refractivity contribution in [2.45, 2.75) is 18.4 Å². The number of nitrogens with two attached hydrogens (primary N) is 1. The average Bonchev–Trinajstić information content (AvgIpc) is 3.03. The fourth-order valence-corrected chi connectivity index (χ4v) is 2.03. The van der Waals surface area contributed by atoms with Gasteiger partial charge in [0, 0.05) is 11.9 Å². The third-order valence-electron chi connectivity index (χ3n) is 3.49. The second-order valence-electron chi connectivity index (χ2n) is 5.13. The number of hydrogen-bond donors (Lipinski definition) is 3. The number of carbonyl (C=O) groups excluding carboxylic acids is 1. The smallest absolute Gasteiger partial charge is 0.272 e. The van der Waals surface area contributed by atoms with E-state index < -0.39 is 5.54 Å². The first-order valence-corrected chi connectivity index (χ1v) is 6.47. The molecule has 20 heavy (non-hydrogen) atoms. The van der Waals surface area contributed by atoms with Gasteiger partial charge < -0.3 is 16.2 Å². The third kappa shape index (κ3) is 2.37. The maximum absolute atomic E-state index is 12.0. The molecule has 1 aliphatic rings. The van der Waals surface area contributed by atoms with Crippen LogP contribution < -0.4 is 11.1 Å². The summed E-state index contributed by atoms with van der Waals surface area (Å²) in [4.78, 5) is 12.0. The monoisotopic (exact) mass is 272 g/mol. The van der Waals surface area contributed by atoms with Gasteiger partial charge in [-0.15, -0.1) is 0 Å². The number of aliphatic hydroxyl groups is 1. The van der Waals surface area contributed by atoms with Crippen molar-refractivity contribution in [1.29, 1.82) is 0 Å². The number of nitrogens with one attached hydrogen (secondary N) is 1. The Morgan fingerprint density at radius 3 is 2.90 bits per heavy atom. The van der Waals surface area contributed by atoms with Crippen molar-refractivity contribution in [1.82, 2.24) is 15.1 Å². The molecule has 1 aromatic heterocycles. The Kier molecular flexibility index (Phi) is 2.94. The van der Waals surface area contributed by atoms with Crippen LogP contribution in [0.2, 0.25) is 0 Å². The van der Waals surface area contributed by atoms with E-state index in [9.17, 15) is 9.90 Å². The summed E-state index contributed by atoms with van der Waals surface area (Å²) in [6.07, 6.45) is 3.33. The van der Waals surface area contributed by atoms with Gasteiger partial charge >= 0.3 is 0 Å². The van der Waals surface area contributed by atoms with Crippen LogP contribution in [0, 0.1) is 0 Å². The van der Waals surface area contributed by atoms with Crippen molar-refractivity contribution in [2.75, 3.05) is 12.3 Å². The van der Waals surface area contributed by atoms with Gasteiger partial charge in [0.2, 0.25) is 0 Å². The van der Waals surface area contributed by atoms with Crippen molar-refractivity contribution in [3.63, 3.8) is 0 Å². The van der Waals surface area contributed by atoms with Gasteiger partial charge in [-0.3, -0.25) is 4.79 Å². The van der Waals surface area contributed by atoms with E-state index >= 15 is 0 Å². The van der Waals surface area contributed by atoms with Gasteiger partial charge in [-0.05, 0) is 37.1 Å². The predicted molar refractivity (Wildman–Crippen MR) is 74.5 cm³/mol. The minimum atomic E-state index is -0.433. The van der Waals surface area contributed by atoms with E-state index in [2.05, 4.69) is 10.4 Å². The van der Waals surface area contributed by atoms with Crippen LogP contribution in [0.3, 0.4) is 0 Å². The van der Waals surface area contributed by atoms with Gasteiger partial charge in [-0.2, -0.15) is 5.10 Å². The molecule has 0 radical (unpaired) electrons. The van der Waals surface area contributed by atoms with Crippen molar-refractivity contribution in [3.05, 3.63) is 42.2 Å². The zero-order chi connectivity index (χ0) is 14.2. The molecular weight excluding hydrogens is 256 g/mol.